The third-order valence-electron chi connectivity index (χ3n) is 11.5. The maximum absolute atomic E-state index is 12.4. The van der Waals surface area contributed by atoms with E-state index in [1.54, 1.807) is 0 Å². The summed E-state index contributed by atoms with van der Waals surface area (Å²) in [5.41, 5.74) is 0. The molecule has 0 aromatic heterocycles. The average Bonchev–Trinajstić information content (AvgIpc) is 3.32. The van der Waals surface area contributed by atoms with E-state index in [2.05, 4.69) is 92.1 Å². The molecule has 0 aliphatic carbocycles. The minimum absolute atomic E-state index is 0.120. The molecule has 0 aromatic rings. The summed E-state index contributed by atoms with van der Waals surface area (Å²) in [5, 5.41) is 21.9. The van der Waals surface area contributed by atoms with Crippen LogP contribution < -0.4 is 5.32 Å². The van der Waals surface area contributed by atoms with Gasteiger partial charge in [-0.15, -0.1) is 0 Å². The third-order valence-corrected chi connectivity index (χ3v) is 12.4. The molecule has 0 spiro atoms. The predicted octanol–water partition coefficient (Wildman–Crippen LogP) is 15.2. The van der Waals surface area contributed by atoms with Gasteiger partial charge in [0, 0.05) is 12.8 Å². The molecule has 11 nitrogen and oxygen atoms in total. The zero-order valence-corrected chi connectivity index (χ0v) is 43.8. The number of esters is 1. The van der Waals surface area contributed by atoms with Crippen LogP contribution in [0.4, 0.5) is 0 Å². The summed E-state index contributed by atoms with van der Waals surface area (Å²) in [5.74, 6) is -2.40. The van der Waals surface area contributed by atoms with E-state index in [-0.39, 0.29) is 12.8 Å². The van der Waals surface area contributed by atoms with Crippen LogP contribution in [-0.2, 0) is 32.7 Å². The number of rotatable bonds is 50. The Morgan fingerprint density at radius 1 is 0.485 bits per heavy atom. The number of aliphatic carboxylic acids is 1. The van der Waals surface area contributed by atoms with E-state index >= 15 is 0 Å². The number of allylic oxidation sites excluding steroid dienone is 12. The summed E-state index contributed by atoms with van der Waals surface area (Å²) in [6.07, 6.45) is 62.1. The van der Waals surface area contributed by atoms with Crippen LogP contribution in [0.3, 0.4) is 0 Å². The number of carboxylic acids is 1. The van der Waals surface area contributed by atoms with Crippen LogP contribution >= 0.6 is 7.82 Å². The maximum Gasteiger partial charge on any atom is 0.472 e. The van der Waals surface area contributed by atoms with E-state index in [0.29, 0.717) is 12.8 Å². The number of aliphatic hydroxyl groups excluding tert-OH is 1. The molecule has 4 N–H and O–H groups in total. The lowest BCUT2D eigenvalue weighted by Gasteiger charge is -2.18. The van der Waals surface area contributed by atoms with Crippen LogP contribution in [0.1, 0.15) is 232 Å². The molecule has 0 fully saturated rings. The van der Waals surface area contributed by atoms with Crippen LogP contribution in [0.25, 0.3) is 0 Å². The second-order valence-electron chi connectivity index (χ2n) is 18.0. The van der Waals surface area contributed by atoms with Gasteiger partial charge in [-0.25, -0.2) is 9.36 Å². The fraction of sp³-hybridized carbons (Fsp3) is 0.732. The molecule has 0 heterocycles. The number of amides is 1. The van der Waals surface area contributed by atoms with Gasteiger partial charge in [0.2, 0.25) is 5.91 Å². The topological polar surface area (TPSA) is 169 Å². The van der Waals surface area contributed by atoms with Crippen LogP contribution in [0.5, 0.6) is 0 Å². The van der Waals surface area contributed by atoms with Crippen LogP contribution in [0.2, 0.25) is 0 Å². The summed E-state index contributed by atoms with van der Waals surface area (Å²) in [6, 6.07) is -1.56. The number of nitrogens with one attached hydrogen (secondary N) is 1. The number of carboxylic acid groups (broad SMARTS) is 1. The van der Waals surface area contributed by atoms with E-state index in [0.717, 1.165) is 83.5 Å². The first kappa shape index (κ1) is 64.9. The zero-order valence-electron chi connectivity index (χ0n) is 42.9. The standard InChI is InChI=1S/C56H98NO10P/c1-3-5-7-9-11-13-15-17-19-21-23-25-26-28-30-32-34-36-38-40-42-44-46-48-55(60)65-49-52(58)50-66-68(63,64)67-51-53(56(61)62)57-54(59)47-45-43-41-39-37-35-33-31-29-27-24-22-20-18-16-14-12-10-8-6-4-2/h6,8,12,14,17-20,24,27,31,33,52-53,58H,3-5,7,9-11,13,15-16,21-23,25-26,28-30,32,34-51H2,1-2H3,(H,57,59)(H,61,62)(H,63,64)/b8-6-,14-12-,19-17+,20-18-,27-24-,33-31-. The predicted molar refractivity (Wildman–Crippen MR) is 281 cm³/mol. The van der Waals surface area contributed by atoms with Crippen molar-refractivity contribution in [3.8, 4) is 0 Å². The second-order valence-corrected chi connectivity index (χ2v) is 19.5. The normalized spacial score (nSPS) is 14.1. The van der Waals surface area contributed by atoms with Crippen molar-refractivity contribution < 1.29 is 47.8 Å². The Morgan fingerprint density at radius 2 is 0.853 bits per heavy atom. The molecule has 1 amide bonds. The number of aliphatic hydroxyl groups is 1. The molecule has 0 aliphatic rings. The van der Waals surface area contributed by atoms with Crippen LogP contribution in [0.15, 0.2) is 72.9 Å². The Hall–Kier alpha value is -3.08. The van der Waals surface area contributed by atoms with E-state index in [4.69, 9.17) is 13.8 Å². The smallest absolute Gasteiger partial charge is 0.472 e. The second kappa shape index (κ2) is 50.3. The SMILES string of the molecule is CC/C=C\C/C=C\C/C=C\C/C=C\C/C=C\CCCCCCCC(=O)NC(COP(=O)(O)OCC(O)COC(=O)CCCCCCCCCCCCCCC/C=C/CCCCCCCC)C(=O)O. The Bertz CT molecular complexity index is 1420. The maximum atomic E-state index is 12.4. The van der Waals surface area contributed by atoms with Crippen molar-refractivity contribution in [1.82, 2.24) is 5.32 Å². The van der Waals surface area contributed by atoms with Crippen molar-refractivity contribution in [2.45, 2.75) is 244 Å². The number of carbonyl (C=O) groups excluding carboxylic acids is 2. The molecule has 3 atom stereocenters. The monoisotopic (exact) mass is 976 g/mol. The number of phosphoric ester groups is 1. The number of ether oxygens (including phenoxy) is 1. The van der Waals surface area contributed by atoms with Gasteiger partial charge in [-0.1, -0.05) is 209 Å². The van der Waals surface area contributed by atoms with Crippen LogP contribution in [0, 0.1) is 0 Å². The molecule has 0 saturated heterocycles. The zero-order chi connectivity index (χ0) is 49.9. The van der Waals surface area contributed by atoms with Crippen LogP contribution in [-0.4, -0.2) is 64.9 Å². The van der Waals surface area contributed by atoms with Gasteiger partial charge in [0.25, 0.3) is 0 Å². The summed E-state index contributed by atoms with van der Waals surface area (Å²) in [4.78, 5) is 46.2. The van der Waals surface area contributed by atoms with Gasteiger partial charge >= 0.3 is 19.8 Å². The summed E-state index contributed by atoms with van der Waals surface area (Å²) >= 11 is 0. The number of unbranched alkanes of at least 4 members (excludes halogenated alkanes) is 24. The van der Waals surface area contributed by atoms with Crippen molar-refractivity contribution in [3.05, 3.63) is 72.9 Å². The number of hydrogen-bond acceptors (Lipinski definition) is 8. The number of phosphoric acid groups is 1. The number of carbonyl (C=O) groups is 3. The first-order chi connectivity index (χ1) is 33.1. The number of hydrogen-bond donors (Lipinski definition) is 4. The quantitative estimate of drug-likeness (QED) is 0.0199. The Morgan fingerprint density at radius 3 is 1.29 bits per heavy atom. The molecule has 0 aliphatic heterocycles. The molecular formula is C56H98NO10P. The van der Waals surface area contributed by atoms with Gasteiger partial charge in [-0.3, -0.25) is 18.6 Å². The highest BCUT2D eigenvalue weighted by Crippen LogP contribution is 2.43. The van der Waals surface area contributed by atoms with E-state index in [1.165, 1.54) is 109 Å². The van der Waals surface area contributed by atoms with Gasteiger partial charge < -0.3 is 25.2 Å². The Kier molecular flexibility index (Phi) is 48.0. The highest BCUT2D eigenvalue weighted by atomic mass is 31.2. The summed E-state index contributed by atoms with van der Waals surface area (Å²) in [6.45, 7) is 2.49. The Labute approximate surface area is 414 Å². The lowest BCUT2D eigenvalue weighted by Crippen LogP contribution is -2.43. The molecule has 0 aromatic carbocycles. The van der Waals surface area contributed by atoms with Crippen molar-refractivity contribution in [3.63, 3.8) is 0 Å². The van der Waals surface area contributed by atoms with E-state index in [9.17, 15) is 34.1 Å². The van der Waals surface area contributed by atoms with Gasteiger partial charge in [-0.05, 0) is 83.5 Å². The fourth-order valence-electron chi connectivity index (χ4n) is 7.34. The van der Waals surface area contributed by atoms with Crippen molar-refractivity contribution in [2.24, 2.45) is 0 Å². The van der Waals surface area contributed by atoms with Crippen molar-refractivity contribution in [2.75, 3.05) is 19.8 Å². The van der Waals surface area contributed by atoms with Gasteiger partial charge in [0.05, 0.1) is 13.2 Å². The Balaban J connectivity index is 3.83. The molecule has 0 radical (unpaired) electrons. The summed E-state index contributed by atoms with van der Waals surface area (Å²) < 4.78 is 27.0. The molecule has 12 heteroatoms. The molecule has 0 saturated carbocycles. The highest BCUT2D eigenvalue weighted by Gasteiger charge is 2.28. The minimum Gasteiger partial charge on any atom is -0.480 e. The van der Waals surface area contributed by atoms with Gasteiger partial charge in [0.15, 0.2) is 6.04 Å². The molecule has 3 unspecified atom stereocenters. The highest BCUT2D eigenvalue weighted by molar-refractivity contribution is 7.47. The van der Waals surface area contributed by atoms with Crippen molar-refractivity contribution in [1.29, 1.82) is 0 Å². The van der Waals surface area contributed by atoms with E-state index in [1.807, 2.05) is 0 Å². The van der Waals surface area contributed by atoms with E-state index < -0.39 is 57.6 Å². The molecule has 0 rings (SSSR count). The molecule has 392 valence electrons. The lowest BCUT2D eigenvalue weighted by atomic mass is 10.0. The van der Waals surface area contributed by atoms with Gasteiger partial charge in [-0.2, -0.15) is 0 Å². The van der Waals surface area contributed by atoms with Gasteiger partial charge in [0.1, 0.15) is 12.7 Å². The average molecular weight is 976 g/mol. The lowest BCUT2D eigenvalue weighted by molar-refractivity contribution is -0.147. The molecule has 68 heavy (non-hydrogen) atoms. The van der Waals surface area contributed by atoms with Crippen molar-refractivity contribution >= 4 is 25.7 Å². The summed E-state index contributed by atoms with van der Waals surface area (Å²) in [7, 11) is -4.77. The minimum atomic E-state index is -4.77. The third kappa shape index (κ3) is 49.3. The molecular weight excluding hydrogens is 878 g/mol. The first-order valence-electron chi connectivity index (χ1n) is 27.0. The fourth-order valence-corrected chi connectivity index (χ4v) is 8.11. The largest absolute Gasteiger partial charge is 0.480 e. The molecule has 0 bridgehead atoms. The first-order valence-corrected chi connectivity index (χ1v) is 28.5.